The van der Waals surface area contributed by atoms with Crippen molar-refractivity contribution >= 4 is 5.91 Å². The third-order valence-electron chi connectivity index (χ3n) is 6.11. The lowest BCUT2D eigenvalue weighted by molar-refractivity contribution is -0.134. The molecule has 2 aliphatic heterocycles. The van der Waals surface area contributed by atoms with E-state index >= 15 is 0 Å². The molecule has 7 nitrogen and oxygen atoms in total. The Labute approximate surface area is 172 Å². The summed E-state index contributed by atoms with van der Waals surface area (Å²) >= 11 is 0. The fourth-order valence-corrected chi connectivity index (χ4v) is 4.62. The standard InChI is InChI=1S/C22H30N4O3/c1-28-19-7-2-6-18(20(19)29-15-5-12-25-14-11-23-17-25)16-26-13-4-9-22(26)8-3-10-24-21(22)27/h2,6-7,11,14,17H,3-5,8-10,12-13,15-16H2,1H3,(H,24,27). The lowest BCUT2D eigenvalue weighted by Crippen LogP contribution is -2.58. The predicted octanol–water partition coefficient (Wildman–Crippen LogP) is 2.61. The number of para-hydroxylation sites is 1. The largest absolute Gasteiger partial charge is 0.493 e. The number of hydrogen-bond acceptors (Lipinski definition) is 5. The summed E-state index contributed by atoms with van der Waals surface area (Å²) in [5.41, 5.74) is 0.714. The van der Waals surface area contributed by atoms with Crippen LogP contribution < -0.4 is 14.8 Å². The summed E-state index contributed by atoms with van der Waals surface area (Å²) < 4.78 is 13.8. The van der Waals surface area contributed by atoms with E-state index in [9.17, 15) is 4.79 Å². The van der Waals surface area contributed by atoms with Crippen molar-refractivity contribution in [2.24, 2.45) is 0 Å². The Kier molecular flexibility index (Phi) is 6.04. The van der Waals surface area contributed by atoms with Crippen LogP contribution in [0.15, 0.2) is 36.9 Å². The number of carbonyl (C=O) groups excluding carboxylic acids is 1. The summed E-state index contributed by atoms with van der Waals surface area (Å²) in [6, 6.07) is 6.01. The number of nitrogens with one attached hydrogen (secondary N) is 1. The Hall–Kier alpha value is -2.54. The molecule has 1 spiro atoms. The van der Waals surface area contributed by atoms with Crippen LogP contribution in [0.5, 0.6) is 11.5 Å². The quantitative estimate of drug-likeness (QED) is 0.693. The van der Waals surface area contributed by atoms with E-state index in [0.29, 0.717) is 13.2 Å². The number of aromatic nitrogens is 2. The minimum absolute atomic E-state index is 0.187. The molecule has 1 aromatic carbocycles. The van der Waals surface area contributed by atoms with Gasteiger partial charge in [0.25, 0.3) is 0 Å². The van der Waals surface area contributed by atoms with Gasteiger partial charge in [0.15, 0.2) is 11.5 Å². The summed E-state index contributed by atoms with van der Waals surface area (Å²) in [5, 5.41) is 3.08. The molecule has 4 rings (SSSR count). The number of rotatable bonds is 8. The van der Waals surface area contributed by atoms with E-state index < -0.39 is 0 Å². The van der Waals surface area contributed by atoms with Crippen LogP contribution in [-0.2, 0) is 17.9 Å². The van der Waals surface area contributed by atoms with Crippen molar-refractivity contribution in [3.8, 4) is 11.5 Å². The molecule has 1 N–H and O–H groups in total. The molecule has 0 radical (unpaired) electrons. The molecular weight excluding hydrogens is 368 g/mol. The Morgan fingerprint density at radius 3 is 2.97 bits per heavy atom. The second-order valence-corrected chi connectivity index (χ2v) is 7.87. The molecule has 2 aliphatic rings. The second-order valence-electron chi connectivity index (χ2n) is 7.87. The van der Waals surface area contributed by atoms with Gasteiger partial charge < -0.3 is 19.4 Å². The van der Waals surface area contributed by atoms with Crippen LogP contribution in [0.4, 0.5) is 0 Å². The van der Waals surface area contributed by atoms with Crippen molar-refractivity contribution in [1.29, 1.82) is 0 Å². The summed E-state index contributed by atoms with van der Waals surface area (Å²) in [4.78, 5) is 19.1. The first-order chi connectivity index (χ1) is 14.2. The molecule has 7 heteroatoms. The number of benzene rings is 1. The number of aryl methyl sites for hydroxylation is 1. The third kappa shape index (κ3) is 4.10. The van der Waals surface area contributed by atoms with Gasteiger partial charge in [0.2, 0.25) is 5.91 Å². The van der Waals surface area contributed by atoms with Gasteiger partial charge in [-0.05, 0) is 44.7 Å². The van der Waals surface area contributed by atoms with E-state index in [0.717, 1.165) is 68.8 Å². The Morgan fingerprint density at radius 2 is 2.17 bits per heavy atom. The molecule has 156 valence electrons. The lowest BCUT2D eigenvalue weighted by Gasteiger charge is -2.40. The summed E-state index contributed by atoms with van der Waals surface area (Å²) in [6.45, 7) is 3.88. The maximum absolute atomic E-state index is 12.7. The van der Waals surface area contributed by atoms with Gasteiger partial charge >= 0.3 is 0 Å². The van der Waals surface area contributed by atoms with Gasteiger partial charge in [0.05, 0.1) is 20.0 Å². The van der Waals surface area contributed by atoms with E-state index in [1.54, 1.807) is 13.3 Å². The highest BCUT2D eigenvalue weighted by atomic mass is 16.5. The number of piperidine rings is 1. The van der Waals surface area contributed by atoms with E-state index in [-0.39, 0.29) is 11.4 Å². The summed E-state index contributed by atoms with van der Waals surface area (Å²) in [7, 11) is 1.67. The highest BCUT2D eigenvalue weighted by Crippen LogP contribution is 2.39. The fraction of sp³-hybridized carbons (Fsp3) is 0.545. The molecule has 2 saturated heterocycles. The minimum Gasteiger partial charge on any atom is -0.493 e. The van der Waals surface area contributed by atoms with Crippen LogP contribution >= 0.6 is 0 Å². The SMILES string of the molecule is COc1cccc(CN2CCCC23CCCNC3=O)c1OCCCn1ccnc1. The van der Waals surface area contributed by atoms with E-state index in [2.05, 4.69) is 21.3 Å². The molecule has 0 aliphatic carbocycles. The minimum atomic E-state index is -0.361. The molecule has 0 bridgehead atoms. The molecule has 3 heterocycles. The van der Waals surface area contributed by atoms with E-state index in [4.69, 9.17) is 9.47 Å². The highest BCUT2D eigenvalue weighted by molar-refractivity contribution is 5.87. The fourth-order valence-electron chi connectivity index (χ4n) is 4.62. The highest BCUT2D eigenvalue weighted by Gasteiger charge is 2.48. The number of ether oxygens (including phenoxy) is 2. The van der Waals surface area contributed by atoms with E-state index in [1.165, 1.54) is 0 Å². The number of nitrogens with zero attached hydrogens (tertiary/aromatic N) is 3. The molecular formula is C22H30N4O3. The van der Waals surface area contributed by atoms with Gasteiger partial charge in [-0.2, -0.15) is 0 Å². The second kappa shape index (κ2) is 8.86. The van der Waals surface area contributed by atoms with Crippen LogP contribution in [0.1, 0.15) is 37.7 Å². The Morgan fingerprint density at radius 1 is 1.28 bits per heavy atom. The van der Waals surface area contributed by atoms with Crippen molar-refractivity contribution in [1.82, 2.24) is 19.8 Å². The smallest absolute Gasteiger partial charge is 0.240 e. The van der Waals surface area contributed by atoms with Crippen LogP contribution in [0.3, 0.4) is 0 Å². The number of hydrogen-bond donors (Lipinski definition) is 1. The average molecular weight is 399 g/mol. The molecule has 2 fully saturated rings. The number of amides is 1. The predicted molar refractivity (Wildman–Crippen MR) is 110 cm³/mol. The van der Waals surface area contributed by atoms with Crippen molar-refractivity contribution < 1.29 is 14.3 Å². The van der Waals surface area contributed by atoms with Crippen LogP contribution in [-0.4, -0.2) is 52.7 Å². The summed E-state index contributed by atoms with van der Waals surface area (Å²) in [5.74, 6) is 1.72. The monoisotopic (exact) mass is 398 g/mol. The topological polar surface area (TPSA) is 68.6 Å². The van der Waals surface area contributed by atoms with Gasteiger partial charge in [-0.25, -0.2) is 4.98 Å². The molecule has 1 atom stereocenters. The van der Waals surface area contributed by atoms with Gasteiger partial charge in [-0.1, -0.05) is 12.1 Å². The van der Waals surface area contributed by atoms with Crippen molar-refractivity contribution in [3.63, 3.8) is 0 Å². The lowest BCUT2D eigenvalue weighted by atomic mass is 9.86. The third-order valence-corrected chi connectivity index (χ3v) is 6.11. The first-order valence-corrected chi connectivity index (χ1v) is 10.5. The zero-order valence-electron chi connectivity index (χ0n) is 17.1. The zero-order chi connectivity index (χ0) is 20.1. The number of methoxy groups -OCH3 is 1. The molecule has 1 aromatic heterocycles. The maximum atomic E-state index is 12.7. The molecule has 1 amide bonds. The molecule has 29 heavy (non-hydrogen) atoms. The average Bonchev–Trinajstić information content (AvgIpc) is 3.39. The number of likely N-dealkylation sites (tertiary alicyclic amines) is 1. The maximum Gasteiger partial charge on any atom is 0.240 e. The van der Waals surface area contributed by atoms with Crippen molar-refractivity contribution in [2.45, 2.75) is 50.7 Å². The number of imidazole rings is 1. The summed E-state index contributed by atoms with van der Waals surface area (Å²) in [6.07, 6.45) is 10.4. The van der Waals surface area contributed by atoms with Crippen molar-refractivity contribution in [3.05, 3.63) is 42.5 Å². The van der Waals surface area contributed by atoms with Gasteiger partial charge in [0, 0.05) is 37.6 Å². The zero-order valence-corrected chi connectivity index (χ0v) is 17.1. The Bertz CT molecular complexity index is 823. The van der Waals surface area contributed by atoms with Gasteiger partial charge in [0.1, 0.15) is 5.54 Å². The Balaban J connectivity index is 1.47. The molecule has 2 aromatic rings. The van der Waals surface area contributed by atoms with Crippen LogP contribution in [0.2, 0.25) is 0 Å². The van der Waals surface area contributed by atoms with Gasteiger partial charge in [-0.15, -0.1) is 0 Å². The first kappa shape index (κ1) is 19.8. The normalized spacial score (nSPS) is 22.0. The molecule has 1 unspecified atom stereocenters. The van der Waals surface area contributed by atoms with E-state index in [1.807, 2.05) is 29.2 Å². The van der Waals surface area contributed by atoms with Crippen molar-refractivity contribution in [2.75, 3.05) is 26.8 Å². The first-order valence-electron chi connectivity index (χ1n) is 10.5. The van der Waals surface area contributed by atoms with Gasteiger partial charge in [-0.3, -0.25) is 9.69 Å². The molecule has 0 saturated carbocycles. The van der Waals surface area contributed by atoms with Crippen LogP contribution in [0.25, 0.3) is 0 Å². The number of carbonyl (C=O) groups is 1. The van der Waals surface area contributed by atoms with Crippen LogP contribution in [0, 0.1) is 0 Å².